The second-order valence-electron chi connectivity index (χ2n) is 4.54. The number of amides is 1. The van der Waals surface area contributed by atoms with Crippen LogP contribution in [0.2, 0.25) is 0 Å². The monoisotopic (exact) mass is 286 g/mol. The van der Waals surface area contributed by atoms with Crippen LogP contribution in [0.15, 0.2) is 48.5 Å². The Kier molecular flexibility index (Phi) is 4.79. The molecule has 21 heavy (non-hydrogen) atoms. The van der Waals surface area contributed by atoms with Crippen molar-refractivity contribution >= 4 is 11.6 Å². The zero-order chi connectivity index (χ0) is 15.2. The third-order valence-corrected chi connectivity index (χ3v) is 3.20. The molecule has 0 saturated heterocycles. The van der Waals surface area contributed by atoms with Gasteiger partial charge in [0.05, 0.1) is 19.8 Å². The summed E-state index contributed by atoms with van der Waals surface area (Å²) in [5.74, 6) is 0.0186. The van der Waals surface area contributed by atoms with Gasteiger partial charge in [-0.15, -0.1) is 0 Å². The van der Waals surface area contributed by atoms with E-state index in [9.17, 15) is 9.90 Å². The second kappa shape index (κ2) is 6.76. The summed E-state index contributed by atoms with van der Waals surface area (Å²) in [6.07, 6.45) is 0. The molecule has 110 valence electrons. The Morgan fingerprint density at radius 1 is 1.24 bits per heavy atom. The highest BCUT2D eigenvalue weighted by Crippen LogP contribution is 2.25. The lowest BCUT2D eigenvalue weighted by Crippen LogP contribution is -2.31. The third-order valence-electron chi connectivity index (χ3n) is 3.20. The molecule has 5 nitrogen and oxygen atoms in total. The van der Waals surface area contributed by atoms with Crippen LogP contribution in [-0.2, 0) is 0 Å². The first kappa shape index (κ1) is 14.9. The van der Waals surface area contributed by atoms with E-state index in [1.54, 1.807) is 18.2 Å². The first-order chi connectivity index (χ1) is 10.2. The van der Waals surface area contributed by atoms with Crippen LogP contribution in [0.5, 0.6) is 5.75 Å². The molecule has 0 aromatic heterocycles. The van der Waals surface area contributed by atoms with Crippen LogP contribution >= 0.6 is 0 Å². The number of rotatable bonds is 5. The van der Waals surface area contributed by atoms with Crippen LogP contribution in [-0.4, -0.2) is 24.7 Å². The highest BCUT2D eigenvalue weighted by atomic mass is 16.5. The van der Waals surface area contributed by atoms with Gasteiger partial charge in [-0.2, -0.15) is 0 Å². The van der Waals surface area contributed by atoms with Crippen molar-refractivity contribution in [3.8, 4) is 5.75 Å². The second-order valence-corrected chi connectivity index (χ2v) is 4.54. The van der Waals surface area contributed by atoms with Crippen LogP contribution in [0.25, 0.3) is 0 Å². The lowest BCUT2D eigenvalue weighted by Gasteiger charge is -2.18. The van der Waals surface area contributed by atoms with Gasteiger partial charge in [0.15, 0.2) is 0 Å². The number of aliphatic hydroxyl groups is 1. The number of hydrogen-bond acceptors (Lipinski definition) is 4. The topological polar surface area (TPSA) is 84.6 Å². The fourth-order valence-corrected chi connectivity index (χ4v) is 2.11. The van der Waals surface area contributed by atoms with Crippen molar-refractivity contribution in [2.75, 3.05) is 19.5 Å². The molecule has 0 fully saturated rings. The van der Waals surface area contributed by atoms with Gasteiger partial charge in [-0.25, -0.2) is 0 Å². The number of carbonyl (C=O) groups is 1. The van der Waals surface area contributed by atoms with E-state index in [1.807, 2.05) is 30.3 Å². The molecule has 0 aliphatic heterocycles. The van der Waals surface area contributed by atoms with Crippen molar-refractivity contribution in [3.05, 3.63) is 59.7 Å². The minimum absolute atomic E-state index is 0.204. The predicted octanol–water partition coefficient (Wildman–Crippen LogP) is 1.74. The summed E-state index contributed by atoms with van der Waals surface area (Å²) in [6.45, 7) is -0.204. The SMILES string of the molecule is COc1cccc(N)c1C(=O)N[C@H](CO)c1ccccc1. The molecule has 2 rings (SSSR count). The summed E-state index contributed by atoms with van der Waals surface area (Å²) in [5.41, 5.74) is 7.27. The molecule has 0 saturated carbocycles. The van der Waals surface area contributed by atoms with Crippen molar-refractivity contribution in [2.45, 2.75) is 6.04 Å². The molecule has 0 bridgehead atoms. The van der Waals surface area contributed by atoms with Gasteiger partial charge in [0.1, 0.15) is 11.3 Å². The Balaban J connectivity index is 2.25. The first-order valence-corrected chi connectivity index (χ1v) is 6.56. The number of methoxy groups -OCH3 is 1. The summed E-state index contributed by atoms with van der Waals surface area (Å²) in [5, 5.41) is 12.3. The molecule has 0 unspecified atom stereocenters. The number of ether oxygens (including phenoxy) is 1. The quantitative estimate of drug-likeness (QED) is 0.731. The molecule has 0 aliphatic rings. The van der Waals surface area contributed by atoms with E-state index < -0.39 is 6.04 Å². The molecule has 1 atom stereocenters. The number of nitrogens with two attached hydrogens (primary N) is 1. The van der Waals surface area contributed by atoms with E-state index in [4.69, 9.17) is 10.5 Å². The molecule has 0 radical (unpaired) electrons. The highest BCUT2D eigenvalue weighted by molar-refractivity contribution is 6.02. The normalized spacial score (nSPS) is 11.7. The third kappa shape index (κ3) is 3.32. The molecular weight excluding hydrogens is 268 g/mol. The fraction of sp³-hybridized carbons (Fsp3) is 0.188. The van der Waals surface area contributed by atoms with Crippen LogP contribution < -0.4 is 15.8 Å². The molecule has 0 heterocycles. The Bertz CT molecular complexity index is 614. The largest absolute Gasteiger partial charge is 0.496 e. The first-order valence-electron chi connectivity index (χ1n) is 6.56. The van der Waals surface area contributed by atoms with E-state index in [1.165, 1.54) is 7.11 Å². The summed E-state index contributed by atoms with van der Waals surface area (Å²) < 4.78 is 5.16. The Labute approximate surface area is 123 Å². The van der Waals surface area contributed by atoms with Gasteiger partial charge in [-0.3, -0.25) is 4.79 Å². The maximum Gasteiger partial charge on any atom is 0.257 e. The lowest BCUT2D eigenvalue weighted by atomic mass is 10.1. The standard InChI is InChI=1S/C16H18N2O3/c1-21-14-9-5-8-12(17)15(14)16(20)18-13(10-19)11-6-3-2-4-7-11/h2-9,13,19H,10,17H2,1H3,(H,18,20)/t13-/m1/s1. The molecule has 5 heteroatoms. The van der Waals surface area contributed by atoms with Gasteiger partial charge in [-0.05, 0) is 17.7 Å². The van der Waals surface area contributed by atoms with Crippen molar-refractivity contribution in [3.63, 3.8) is 0 Å². The summed E-state index contributed by atoms with van der Waals surface area (Å²) >= 11 is 0. The fourth-order valence-electron chi connectivity index (χ4n) is 2.11. The molecule has 2 aromatic carbocycles. The maximum atomic E-state index is 12.4. The van der Waals surface area contributed by atoms with Crippen molar-refractivity contribution < 1.29 is 14.6 Å². The van der Waals surface area contributed by atoms with E-state index in [2.05, 4.69) is 5.32 Å². The number of benzene rings is 2. The van der Waals surface area contributed by atoms with Gasteiger partial charge >= 0.3 is 0 Å². The molecule has 0 aliphatic carbocycles. The van der Waals surface area contributed by atoms with Gasteiger partial charge in [0.25, 0.3) is 5.91 Å². The Morgan fingerprint density at radius 3 is 2.57 bits per heavy atom. The van der Waals surface area contributed by atoms with E-state index in [0.717, 1.165) is 5.56 Å². The summed E-state index contributed by atoms with van der Waals surface area (Å²) in [6, 6.07) is 13.8. The highest BCUT2D eigenvalue weighted by Gasteiger charge is 2.19. The van der Waals surface area contributed by atoms with Gasteiger partial charge in [0, 0.05) is 5.69 Å². The van der Waals surface area contributed by atoms with E-state index in [0.29, 0.717) is 11.4 Å². The molecule has 0 spiro atoms. The van der Waals surface area contributed by atoms with Crippen LogP contribution in [0.3, 0.4) is 0 Å². The lowest BCUT2D eigenvalue weighted by molar-refractivity contribution is 0.0914. The van der Waals surface area contributed by atoms with Gasteiger partial charge in [0.2, 0.25) is 0 Å². The van der Waals surface area contributed by atoms with Crippen LogP contribution in [0, 0.1) is 0 Å². The number of carbonyl (C=O) groups excluding carboxylic acids is 1. The maximum absolute atomic E-state index is 12.4. The number of aliphatic hydroxyl groups excluding tert-OH is 1. The number of nitrogens with one attached hydrogen (secondary N) is 1. The smallest absolute Gasteiger partial charge is 0.257 e. The summed E-state index contributed by atoms with van der Waals surface area (Å²) in [4.78, 5) is 12.4. The zero-order valence-electron chi connectivity index (χ0n) is 11.7. The van der Waals surface area contributed by atoms with Crippen molar-refractivity contribution in [2.24, 2.45) is 0 Å². The van der Waals surface area contributed by atoms with Crippen molar-refractivity contribution in [1.29, 1.82) is 0 Å². The van der Waals surface area contributed by atoms with Crippen LogP contribution in [0.1, 0.15) is 22.0 Å². The van der Waals surface area contributed by atoms with E-state index >= 15 is 0 Å². The average Bonchev–Trinajstić information content (AvgIpc) is 2.52. The summed E-state index contributed by atoms with van der Waals surface area (Å²) in [7, 11) is 1.48. The Morgan fingerprint density at radius 2 is 1.95 bits per heavy atom. The van der Waals surface area contributed by atoms with E-state index in [-0.39, 0.29) is 18.1 Å². The Hall–Kier alpha value is -2.53. The van der Waals surface area contributed by atoms with Gasteiger partial charge in [-0.1, -0.05) is 36.4 Å². The minimum Gasteiger partial charge on any atom is -0.496 e. The zero-order valence-corrected chi connectivity index (χ0v) is 11.7. The predicted molar refractivity (Wildman–Crippen MR) is 81.1 cm³/mol. The molecule has 1 amide bonds. The van der Waals surface area contributed by atoms with Crippen molar-refractivity contribution in [1.82, 2.24) is 5.32 Å². The number of hydrogen-bond donors (Lipinski definition) is 3. The molecule has 2 aromatic rings. The molecule has 4 N–H and O–H groups in total. The number of anilines is 1. The van der Waals surface area contributed by atoms with Gasteiger partial charge < -0.3 is 20.9 Å². The number of nitrogen functional groups attached to an aromatic ring is 1. The average molecular weight is 286 g/mol. The van der Waals surface area contributed by atoms with Crippen LogP contribution in [0.4, 0.5) is 5.69 Å². The molecular formula is C16H18N2O3. The minimum atomic E-state index is -0.497.